The number of hydrogen-bond acceptors (Lipinski definition) is 7. The van der Waals surface area contributed by atoms with Gasteiger partial charge in [-0.2, -0.15) is 5.01 Å². The molecule has 2 unspecified atom stereocenters. The quantitative estimate of drug-likeness (QED) is 0.276. The first-order chi connectivity index (χ1) is 17.2. The Morgan fingerprint density at radius 1 is 0.917 bits per heavy atom. The molecule has 0 spiro atoms. The molecule has 3 aromatic rings. The Labute approximate surface area is 208 Å². The zero-order valence-electron chi connectivity index (χ0n) is 19.6. The van der Waals surface area contributed by atoms with Gasteiger partial charge in [0, 0.05) is 0 Å². The van der Waals surface area contributed by atoms with Gasteiger partial charge in [-0.15, -0.1) is 0 Å². The molecular formula is C26H23N3O6S. The number of methoxy groups -OCH3 is 1. The van der Waals surface area contributed by atoms with Crippen LogP contribution in [0.25, 0.3) is 0 Å². The Morgan fingerprint density at radius 3 is 2.03 bits per heavy atom. The van der Waals surface area contributed by atoms with Crippen molar-refractivity contribution >= 4 is 33.5 Å². The predicted molar refractivity (Wildman–Crippen MR) is 131 cm³/mol. The van der Waals surface area contributed by atoms with E-state index in [1.54, 1.807) is 54.6 Å². The number of sulfonamides is 1. The van der Waals surface area contributed by atoms with Crippen molar-refractivity contribution in [1.29, 1.82) is 0 Å². The van der Waals surface area contributed by atoms with Crippen LogP contribution in [0.3, 0.4) is 0 Å². The average molecular weight is 506 g/mol. The van der Waals surface area contributed by atoms with Gasteiger partial charge in [0.2, 0.25) is 0 Å². The van der Waals surface area contributed by atoms with Crippen molar-refractivity contribution in [1.82, 2.24) is 10.0 Å². The summed E-state index contributed by atoms with van der Waals surface area (Å²) in [5.74, 6) is -1.90. The van der Waals surface area contributed by atoms with Gasteiger partial charge in [0.15, 0.2) is 5.54 Å². The van der Waals surface area contributed by atoms with E-state index in [4.69, 9.17) is 4.74 Å². The second-order valence-electron chi connectivity index (χ2n) is 8.71. The normalized spacial score (nSPS) is 20.7. The Bertz CT molecular complexity index is 1440. The fraction of sp³-hybridized carbons (Fsp3) is 0.192. The maximum atomic E-state index is 13.8. The number of rotatable bonds is 7. The van der Waals surface area contributed by atoms with Crippen LogP contribution < -0.4 is 4.31 Å². The highest BCUT2D eigenvalue weighted by Crippen LogP contribution is 2.42. The Morgan fingerprint density at radius 2 is 1.47 bits per heavy atom. The van der Waals surface area contributed by atoms with Crippen molar-refractivity contribution in [3.8, 4) is 0 Å². The predicted octanol–water partition coefficient (Wildman–Crippen LogP) is 2.63. The highest BCUT2D eigenvalue weighted by molar-refractivity contribution is 7.92. The van der Waals surface area contributed by atoms with E-state index in [-0.39, 0.29) is 29.1 Å². The number of hydrogen-bond donors (Lipinski definition) is 0. The van der Waals surface area contributed by atoms with Gasteiger partial charge in [-0.3, -0.25) is 13.9 Å². The summed E-state index contributed by atoms with van der Waals surface area (Å²) in [6, 6.07) is 21.1. The molecule has 2 heterocycles. The van der Waals surface area contributed by atoms with E-state index >= 15 is 0 Å². The second-order valence-corrected chi connectivity index (χ2v) is 10.6. The number of carbonyl (C=O) groups excluding carboxylic acids is 3. The van der Waals surface area contributed by atoms with Crippen LogP contribution in [0.5, 0.6) is 0 Å². The molecule has 5 rings (SSSR count). The molecule has 0 radical (unpaired) electrons. The van der Waals surface area contributed by atoms with Crippen molar-refractivity contribution in [3.63, 3.8) is 0 Å². The molecule has 0 bridgehead atoms. The number of para-hydroxylation sites is 1. The van der Waals surface area contributed by atoms with Crippen LogP contribution in [0, 0.1) is 6.92 Å². The standard InChI is InChI=1S/C26H23N3O6S/c1-18-12-14-20(15-13-18)36(33,34)27(19-8-4-3-5-9-19)16-26(25(32)35-2)17-28(26)29-23(30)21-10-6-7-11-22(21)24(29)31/h3-15H,16-17H2,1-2H3. The molecule has 184 valence electrons. The van der Waals surface area contributed by atoms with E-state index in [1.807, 2.05) is 6.92 Å². The van der Waals surface area contributed by atoms with Crippen LogP contribution in [0.15, 0.2) is 83.8 Å². The molecule has 2 aliphatic rings. The third-order valence-corrected chi connectivity index (χ3v) is 8.23. The molecule has 2 amide bonds. The third-order valence-electron chi connectivity index (χ3n) is 6.44. The minimum absolute atomic E-state index is 0.0462. The molecule has 9 nitrogen and oxygen atoms in total. The fourth-order valence-corrected chi connectivity index (χ4v) is 5.93. The van der Waals surface area contributed by atoms with E-state index in [9.17, 15) is 22.8 Å². The van der Waals surface area contributed by atoms with Crippen LogP contribution in [0.1, 0.15) is 26.3 Å². The molecule has 0 aromatic heterocycles. The van der Waals surface area contributed by atoms with Crippen molar-refractivity contribution in [2.45, 2.75) is 17.4 Å². The molecule has 0 saturated carbocycles. The number of ether oxygens (including phenoxy) is 1. The summed E-state index contributed by atoms with van der Waals surface area (Å²) in [6.07, 6.45) is 0. The molecule has 1 fully saturated rings. The largest absolute Gasteiger partial charge is 0.467 e. The van der Waals surface area contributed by atoms with Crippen LogP contribution in [0.2, 0.25) is 0 Å². The lowest BCUT2D eigenvalue weighted by Gasteiger charge is -2.29. The number of hydrazine groups is 1. The number of anilines is 1. The minimum atomic E-state index is -4.12. The Hall–Kier alpha value is -4.02. The lowest BCUT2D eigenvalue weighted by Crippen LogP contribution is -2.50. The summed E-state index contributed by atoms with van der Waals surface area (Å²) in [6.45, 7) is 1.41. The number of fused-ring (bicyclic) bond motifs is 1. The van der Waals surface area contributed by atoms with Gasteiger partial charge >= 0.3 is 5.97 Å². The van der Waals surface area contributed by atoms with Crippen molar-refractivity contribution in [2.24, 2.45) is 0 Å². The van der Waals surface area contributed by atoms with E-state index in [0.717, 1.165) is 14.9 Å². The zero-order chi connectivity index (χ0) is 25.7. The average Bonchev–Trinajstić information content (AvgIpc) is 3.55. The fourth-order valence-electron chi connectivity index (χ4n) is 4.41. The monoisotopic (exact) mass is 505 g/mol. The van der Waals surface area contributed by atoms with Gasteiger partial charge in [0.05, 0.1) is 41.9 Å². The number of nitrogens with zero attached hydrogens (tertiary/aromatic N) is 3. The Kier molecular flexibility index (Phi) is 5.65. The molecule has 36 heavy (non-hydrogen) atoms. The summed E-state index contributed by atoms with van der Waals surface area (Å²) in [4.78, 5) is 39.3. The number of aryl methyl sites for hydroxylation is 1. The summed E-state index contributed by atoms with van der Waals surface area (Å²) in [5.41, 5.74) is 0.0944. The summed E-state index contributed by atoms with van der Waals surface area (Å²) < 4.78 is 33.8. The zero-order valence-corrected chi connectivity index (χ0v) is 20.4. The van der Waals surface area contributed by atoms with Crippen molar-refractivity contribution < 1.29 is 27.5 Å². The molecule has 0 aliphatic carbocycles. The summed E-state index contributed by atoms with van der Waals surface area (Å²) >= 11 is 0. The summed E-state index contributed by atoms with van der Waals surface area (Å²) in [5, 5.41) is 2.19. The SMILES string of the molecule is COC(=O)C1(CN(c2ccccc2)S(=O)(=O)c2ccc(C)cc2)CN1N1C(=O)c2ccccc2C1=O. The number of benzene rings is 3. The topological polar surface area (TPSA) is 104 Å². The van der Waals surface area contributed by atoms with Crippen LogP contribution in [0.4, 0.5) is 5.69 Å². The first kappa shape index (κ1) is 23.7. The number of carbonyl (C=O) groups is 3. The van der Waals surface area contributed by atoms with Gasteiger partial charge in [-0.05, 0) is 43.3 Å². The van der Waals surface area contributed by atoms with Gasteiger partial charge < -0.3 is 4.74 Å². The van der Waals surface area contributed by atoms with Gasteiger partial charge in [-0.25, -0.2) is 18.2 Å². The van der Waals surface area contributed by atoms with Gasteiger partial charge in [0.1, 0.15) is 0 Å². The molecule has 2 aliphatic heterocycles. The molecule has 2 atom stereocenters. The van der Waals surface area contributed by atoms with Crippen molar-refractivity contribution in [3.05, 3.63) is 95.6 Å². The van der Waals surface area contributed by atoms with Crippen LogP contribution in [-0.2, 0) is 19.6 Å². The lowest BCUT2D eigenvalue weighted by molar-refractivity contribution is -0.145. The van der Waals surface area contributed by atoms with E-state index in [1.165, 1.54) is 36.4 Å². The lowest BCUT2D eigenvalue weighted by atomic mass is 10.1. The highest BCUT2D eigenvalue weighted by Gasteiger charge is 2.67. The van der Waals surface area contributed by atoms with Crippen molar-refractivity contribution in [2.75, 3.05) is 24.5 Å². The van der Waals surface area contributed by atoms with E-state index < -0.39 is 33.3 Å². The number of imide groups is 1. The first-order valence-corrected chi connectivity index (χ1v) is 12.6. The Balaban J connectivity index is 1.56. The maximum absolute atomic E-state index is 13.8. The number of amides is 2. The molecular weight excluding hydrogens is 482 g/mol. The minimum Gasteiger partial charge on any atom is -0.467 e. The maximum Gasteiger partial charge on any atom is 0.331 e. The second kappa shape index (κ2) is 8.58. The summed E-state index contributed by atoms with van der Waals surface area (Å²) in [7, 11) is -2.94. The smallest absolute Gasteiger partial charge is 0.331 e. The molecule has 0 N–H and O–H groups in total. The van der Waals surface area contributed by atoms with E-state index in [0.29, 0.717) is 5.69 Å². The molecule has 1 saturated heterocycles. The van der Waals surface area contributed by atoms with E-state index in [2.05, 4.69) is 0 Å². The third kappa shape index (κ3) is 3.66. The number of esters is 1. The van der Waals surface area contributed by atoms with Gasteiger partial charge in [-0.1, -0.05) is 48.0 Å². The first-order valence-electron chi connectivity index (χ1n) is 11.2. The molecule has 3 aromatic carbocycles. The highest BCUT2D eigenvalue weighted by atomic mass is 32.2. The van der Waals surface area contributed by atoms with Crippen LogP contribution in [-0.4, -0.2) is 62.0 Å². The van der Waals surface area contributed by atoms with Crippen LogP contribution >= 0.6 is 0 Å². The molecule has 10 heteroatoms. The van der Waals surface area contributed by atoms with Gasteiger partial charge in [0.25, 0.3) is 21.8 Å².